The molecule has 4 heterocycles. The number of rotatable bonds is 4. The van der Waals surface area contributed by atoms with Crippen LogP contribution in [-0.2, 0) is 0 Å². The highest BCUT2D eigenvalue weighted by atomic mass is 16.3. The summed E-state index contributed by atoms with van der Waals surface area (Å²) < 4.78 is 5.73. The molecule has 1 unspecified atom stereocenters. The number of nitrogens with zero attached hydrogens (tertiary/aromatic N) is 7. The molecule has 0 saturated carbocycles. The number of nitrogen functional groups attached to an aromatic ring is 1. The first-order valence-corrected chi connectivity index (χ1v) is 9.94. The van der Waals surface area contributed by atoms with Crippen LogP contribution >= 0.6 is 0 Å². The molecule has 9 nitrogen and oxygen atoms in total. The first-order chi connectivity index (χ1) is 15.6. The number of hydrogen-bond acceptors (Lipinski definition) is 8. The van der Waals surface area contributed by atoms with E-state index in [9.17, 15) is 5.26 Å². The second kappa shape index (κ2) is 7.59. The van der Waals surface area contributed by atoms with Gasteiger partial charge in [-0.1, -0.05) is 18.2 Å². The lowest BCUT2D eigenvalue weighted by atomic mass is 10.00. The Morgan fingerprint density at radius 1 is 1.09 bits per heavy atom. The zero-order valence-corrected chi connectivity index (χ0v) is 17.4. The topological polar surface area (TPSA) is 132 Å². The lowest BCUT2D eigenvalue weighted by molar-refractivity contribution is 0.490. The van der Waals surface area contributed by atoms with Gasteiger partial charge in [0, 0.05) is 11.8 Å². The van der Waals surface area contributed by atoms with Crippen LogP contribution in [0.15, 0.2) is 59.5 Å². The van der Waals surface area contributed by atoms with Crippen molar-refractivity contribution >= 4 is 16.9 Å². The van der Waals surface area contributed by atoms with Crippen LogP contribution in [0.1, 0.15) is 29.9 Å². The fourth-order valence-corrected chi connectivity index (χ4v) is 3.62. The van der Waals surface area contributed by atoms with Gasteiger partial charge in [-0.05, 0) is 38.1 Å². The molecule has 5 rings (SSSR count). The van der Waals surface area contributed by atoms with Gasteiger partial charge in [-0.3, -0.25) is 4.98 Å². The zero-order valence-electron chi connectivity index (χ0n) is 17.4. The quantitative estimate of drug-likeness (QED) is 0.461. The summed E-state index contributed by atoms with van der Waals surface area (Å²) in [5.41, 5.74) is 11.2. The van der Waals surface area contributed by atoms with Crippen molar-refractivity contribution in [3.8, 4) is 28.7 Å². The molecule has 4 aromatic heterocycles. The summed E-state index contributed by atoms with van der Waals surface area (Å²) in [7, 11) is 0. The summed E-state index contributed by atoms with van der Waals surface area (Å²) in [5, 5.41) is 18.7. The van der Waals surface area contributed by atoms with Gasteiger partial charge in [0.1, 0.15) is 11.6 Å². The Balaban J connectivity index is 1.80. The number of hydrogen-bond donors (Lipinski definition) is 1. The molecule has 0 spiro atoms. The van der Waals surface area contributed by atoms with Crippen molar-refractivity contribution in [2.24, 2.45) is 0 Å². The van der Waals surface area contributed by atoms with Crippen LogP contribution in [0.5, 0.6) is 0 Å². The summed E-state index contributed by atoms with van der Waals surface area (Å²) >= 11 is 0. The van der Waals surface area contributed by atoms with E-state index in [0.29, 0.717) is 39.3 Å². The lowest BCUT2D eigenvalue weighted by Crippen LogP contribution is -2.11. The number of nitriles is 1. The SMILES string of the molecule is Cc1ncoc1-c1c(-c2cccc(C#N)c2)nc(N)c2nn(C(C)c3ccccn3)nc12. The molecule has 9 heteroatoms. The van der Waals surface area contributed by atoms with E-state index < -0.39 is 0 Å². The smallest absolute Gasteiger partial charge is 0.181 e. The van der Waals surface area contributed by atoms with Gasteiger partial charge < -0.3 is 10.2 Å². The highest BCUT2D eigenvalue weighted by molar-refractivity contribution is 6.02. The van der Waals surface area contributed by atoms with Gasteiger partial charge in [0.2, 0.25) is 0 Å². The molecule has 2 N–H and O–H groups in total. The third-order valence-electron chi connectivity index (χ3n) is 5.28. The Hall–Kier alpha value is -4.58. The van der Waals surface area contributed by atoms with Gasteiger partial charge in [0.05, 0.1) is 34.3 Å². The summed E-state index contributed by atoms with van der Waals surface area (Å²) in [6.07, 6.45) is 3.11. The lowest BCUT2D eigenvalue weighted by Gasteiger charge is -2.10. The number of aryl methyl sites for hydroxylation is 1. The number of benzene rings is 1. The van der Waals surface area contributed by atoms with Crippen LogP contribution in [0.25, 0.3) is 33.6 Å². The van der Waals surface area contributed by atoms with Gasteiger partial charge >= 0.3 is 0 Å². The van der Waals surface area contributed by atoms with E-state index >= 15 is 0 Å². The Bertz CT molecular complexity index is 1480. The molecule has 0 aliphatic heterocycles. The number of fused-ring (bicyclic) bond motifs is 1. The minimum Gasteiger partial charge on any atom is -0.443 e. The minimum atomic E-state index is -0.225. The fourth-order valence-electron chi connectivity index (χ4n) is 3.62. The third kappa shape index (κ3) is 3.15. The molecule has 1 atom stereocenters. The summed E-state index contributed by atoms with van der Waals surface area (Å²) in [5.74, 6) is 0.759. The van der Waals surface area contributed by atoms with Crippen molar-refractivity contribution in [3.05, 3.63) is 72.0 Å². The van der Waals surface area contributed by atoms with Crippen molar-refractivity contribution in [2.75, 3.05) is 5.73 Å². The van der Waals surface area contributed by atoms with Crippen LogP contribution in [-0.4, -0.2) is 29.9 Å². The molecule has 0 aliphatic carbocycles. The highest BCUT2D eigenvalue weighted by Crippen LogP contribution is 2.39. The molecular weight excluding hydrogens is 404 g/mol. The van der Waals surface area contributed by atoms with Gasteiger partial charge in [0.25, 0.3) is 0 Å². The third-order valence-corrected chi connectivity index (χ3v) is 5.28. The number of anilines is 1. The Morgan fingerprint density at radius 3 is 2.66 bits per heavy atom. The average molecular weight is 422 g/mol. The summed E-state index contributed by atoms with van der Waals surface area (Å²) in [6.45, 7) is 3.80. The Morgan fingerprint density at radius 2 is 1.94 bits per heavy atom. The molecule has 0 bridgehead atoms. The zero-order chi connectivity index (χ0) is 22.2. The Kier molecular flexibility index (Phi) is 4.60. The maximum Gasteiger partial charge on any atom is 0.181 e. The molecule has 1 aromatic carbocycles. The summed E-state index contributed by atoms with van der Waals surface area (Å²) in [6, 6.07) is 14.8. The number of aromatic nitrogens is 6. The molecule has 0 aliphatic rings. The number of nitrogens with two attached hydrogens (primary N) is 1. The molecule has 156 valence electrons. The van der Waals surface area contributed by atoms with E-state index in [-0.39, 0.29) is 11.9 Å². The van der Waals surface area contributed by atoms with Crippen molar-refractivity contribution in [3.63, 3.8) is 0 Å². The minimum absolute atomic E-state index is 0.225. The van der Waals surface area contributed by atoms with Gasteiger partial charge in [-0.25, -0.2) is 9.97 Å². The molecule has 0 amide bonds. The second-order valence-corrected chi connectivity index (χ2v) is 7.33. The van der Waals surface area contributed by atoms with E-state index in [0.717, 1.165) is 11.3 Å². The van der Waals surface area contributed by atoms with Crippen molar-refractivity contribution in [2.45, 2.75) is 19.9 Å². The van der Waals surface area contributed by atoms with Gasteiger partial charge in [-0.2, -0.15) is 15.2 Å². The van der Waals surface area contributed by atoms with Gasteiger partial charge in [-0.15, -0.1) is 5.10 Å². The van der Waals surface area contributed by atoms with Crippen LogP contribution in [0.2, 0.25) is 0 Å². The maximum atomic E-state index is 9.35. The average Bonchev–Trinajstić information content (AvgIpc) is 3.46. The van der Waals surface area contributed by atoms with E-state index in [2.05, 4.69) is 26.1 Å². The monoisotopic (exact) mass is 422 g/mol. The molecular formula is C23H18N8O. The van der Waals surface area contributed by atoms with E-state index in [1.54, 1.807) is 29.2 Å². The maximum absolute atomic E-state index is 9.35. The van der Waals surface area contributed by atoms with Gasteiger partial charge in [0.15, 0.2) is 23.5 Å². The van der Waals surface area contributed by atoms with Crippen LogP contribution in [0.4, 0.5) is 5.82 Å². The second-order valence-electron chi connectivity index (χ2n) is 7.33. The fraction of sp³-hybridized carbons (Fsp3) is 0.130. The first kappa shape index (κ1) is 19.4. The Labute approximate surface area is 183 Å². The highest BCUT2D eigenvalue weighted by Gasteiger charge is 2.25. The van der Waals surface area contributed by atoms with Crippen LogP contribution in [0.3, 0.4) is 0 Å². The standard InChI is InChI=1S/C23H18N8O/c1-13-22(32-12-27-13)18-19(16-7-5-6-15(10-16)11-24)28-23(25)21-20(18)29-31(30-21)14(2)17-8-3-4-9-26-17/h3-10,12,14H,1-2H3,(H2,25,28). The van der Waals surface area contributed by atoms with E-state index in [4.69, 9.17) is 15.2 Å². The molecule has 5 aromatic rings. The van der Waals surface area contributed by atoms with Crippen molar-refractivity contribution < 1.29 is 4.42 Å². The number of oxazole rings is 1. The molecule has 0 radical (unpaired) electrons. The molecule has 0 saturated heterocycles. The van der Waals surface area contributed by atoms with Crippen molar-refractivity contribution in [1.29, 1.82) is 5.26 Å². The normalized spacial score (nSPS) is 12.0. The first-order valence-electron chi connectivity index (χ1n) is 9.94. The predicted octanol–water partition coefficient (Wildman–Crippen LogP) is 3.91. The van der Waals surface area contributed by atoms with Crippen molar-refractivity contribution in [1.82, 2.24) is 29.9 Å². The summed E-state index contributed by atoms with van der Waals surface area (Å²) in [4.78, 5) is 14.9. The molecule has 32 heavy (non-hydrogen) atoms. The molecule has 0 fully saturated rings. The van der Waals surface area contributed by atoms with Crippen LogP contribution in [0, 0.1) is 18.3 Å². The predicted molar refractivity (Wildman–Crippen MR) is 118 cm³/mol. The number of pyridine rings is 2. The largest absolute Gasteiger partial charge is 0.443 e. The van der Waals surface area contributed by atoms with Crippen LogP contribution < -0.4 is 5.73 Å². The van der Waals surface area contributed by atoms with E-state index in [1.165, 1.54) is 6.39 Å². The van der Waals surface area contributed by atoms with E-state index in [1.807, 2.05) is 38.1 Å².